The van der Waals surface area contributed by atoms with Gasteiger partial charge in [-0.3, -0.25) is 14.5 Å². The minimum Gasteiger partial charge on any atom is -0.340 e. The Morgan fingerprint density at radius 2 is 1.96 bits per heavy atom. The van der Waals surface area contributed by atoms with Crippen molar-refractivity contribution in [2.45, 2.75) is 44.7 Å². The molecule has 1 unspecified atom stereocenters. The van der Waals surface area contributed by atoms with Crippen LogP contribution in [0.2, 0.25) is 5.02 Å². The van der Waals surface area contributed by atoms with Crippen LogP contribution in [0.1, 0.15) is 37.7 Å². The molecule has 1 atom stereocenters. The van der Waals surface area contributed by atoms with Crippen molar-refractivity contribution in [3.63, 3.8) is 0 Å². The molecule has 0 N–H and O–H groups in total. The molecule has 1 aliphatic carbocycles. The molecule has 2 fully saturated rings. The van der Waals surface area contributed by atoms with Gasteiger partial charge >= 0.3 is 0 Å². The van der Waals surface area contributed by atoms with Gasteiger partial charge in [0.25, 0.3) is 5.91 Å². The highest BCUT2D eigenvalue weighted by Crippen LogP contribution is 2.37. The van der Waals surface area contributed by atoms with Crippen molar-refractivity contribution in [2.24, 2.45) is 0 Å². The number of amides is 2. The smallest absolute Gasteiger partial charge is 0.250 e. The fourth-order valence-corrected chi connectivity index (χ4v) is 4.98. The van der Waals surface area contributed by atoms with Gasteiger partial charge in [0.05, 0.1) is 12.5 Å². The standard InChI is InChI=1S/C22H28ClN3O2/c1-24-20-8-3-2-7-18(20)19(22(24)28)14-21(27)26-11-9-25(10-12-26)15-16-5-4-6-17(23)13-16/h4-6,13,20H,2-3,7-12,14-15H2,1H3. The van der Waals surface area contributed by atoms with Gasteiger partial charge in [-0.1, -0.05) is 30.2 Å². The largest absolute Gasteiger partial charge is 0.340 e. The number of likely N-dealkylation sites (N-methyl/N-ethyl adjacent to an activating group) is 1. The molecule has 0 aromatic heterocycles. The third-order valence-corrected chi connectivity index (χ3v) is 6.59. The molecule has 6 heteroatoms. The lowest BCUT2D eigenvalue weighted by atomic mass is 9.88. The van der Waals surface area contributed by atoms with Crippen molar-refractivity contribution in [3.8, 4) is 0 Å². The normalized spacial score (nSPS) is 23.4. The van der Waals surface area contributed by atoms with E-state index in [9.17, 15) is 9.59 Å². The van der Waals surface area contributed by atoms with Crippen molar-refractivity contribution < 1.29 is 9.59 Å². The monoisotopic (exact) mass is 401 g/mol. The van der Waals surface area contributed by atoms with Gasteiger partial charge in [0.1, 0.15) is 0 Å². The second-order valence-electron chi connectivity index (χ2n) is 8.15. The van der Waals surface area contributed by atoms with Crippen molar-refractivity contribution in [1.29, 1.82) is 0 Å². The Balaban J connectivity index is 1.33. The van der Waals surface area contributed by atoms with E-state index in [1.165, 1.54) is 17.6 Å². The number of nitrogens with zero attached hydrogens (tertiary/aromatic N) is 3. The summed E-state index contributed by atoms with van der Waals surface area (Å²) in [5, 5.41) is 0.757. The van der Waals surface area contributed by atoms with E-state index in [1.54, 1.807) is 0 Å². The van der Waals surface area contributed by atoms with Gasteiger partial charge in [-0.05, 0) is 42.5 Å². The Morgan fingerprint density at radius 1 is 1.18 bits per heavy atom. The Morgan fingerprint density at radius 3 is 2.71 bits per heavy atom. The molecule has 4 rings (SSSR count). The van der Waals surface area contributed by atoms with E-state index in [-0.39, 0.29) is 24.3 Å². The summed E-state index contributed by atoms with van der Waals surface area (Å²) >= 11 is 6.07. The first-order valence-corrected chi connectivity index (χ1v) is 10.6. The lowest BCUT2D eigenvalue weighted by Crippen LogP contribution is -2.48. The fraction of sp³-hybridized carbons (Fsp3) is 0.545. The Labute approximate surface area is 171 Å². The molecule has 5 nitrogen and oxygen atoms in total. The minimum atomic E-state index is 0.0647. The molecule has 28 heavy (non-hydrogen) atoms. The first-order chi connectivity index (χ1) is 13.5. The summed E-state index contributed by atoms with van der Waals surface area (Å²) in [5.74, 6) is 0.160. The molecular formula is C22H28ClN3O2. The average Bonchev–Trinajstić information content (AvgIpc) is 2.94. The molecule has 3 aliphatic rings. The van der Waals surface area contributed by atoms with E-state index in [0.29, 0.717) is 0 Å². The molecule has 1 saturated carbocycles. The van der Waals surface area contributed by atoms with Gasteiger partial charge in [0, 0.05) is 50.4 Å². The first-order valence-electron chi connectivity index (χ1n) is 10.3. The van der Waals surface area contributed by atoms with Crippen LogP contribution in [-0.4, -0.2) is 65.8 Å². The SMILES string of the molecule is CN1C(=O)C(CC(=O)N2CCN(Cc3cccc(Cl)c3)CC2)=C2CCCCC21. The quantitative estimate of drug-likeness (QED) is 0.778. The number of carbonyl (C=O) groups is 2. The van der Waals surface area contributed by atoms with E-state index in [0.717, 1.165) is 62.6 Å². The lowest BCUT2D eigenvalue weighted by Gasteiger charge is -2.35. The Bertz CT molecular complexity index is 799. The van der Waals surface area contributed by atoms with Gasteiger partial charge in [-0.25, -0.2) is 0 Å². The van der Waals surface area contributed by atoms with Crippen LogP contribution in [-0.2, 0) is 16.1 Å². The predicted octanol–water partition coefficient (Wildman–Crippen LogP) is 3.09. The van der Waals surface area contributed by atoms with Crippen molar-refractivity contribution in [1.82, 2.24) is 14.7 Å². The molecular weight excluding hydrogens is 374 g/mol. The number of piperazine rings is 1. The van der Waals surface area contributed by atoms with Crippen LogP contribution in [0.5, 0.6) is 0 Å². The maximum absolute atomic E-state index is 12.9. The molecule has 0 bridgehead atoms. The zero-order valence-corrected chi connectivity index (χ0v) is 17.2. The highest BCUT2D eigenvalue weighted by Gasteiger charge is 2.38. The summed E-state index contributed by atoms with van der Waals surface area (Å²) < 4.78 is 0. The third-order valence-electron chi connectivity index (χ3n) is 6.36. The summed E-state index contributed by atoms with van der Waals surface area (Å²) in [6.45, 7) is 3.98. The Hall–Kier alpha value is -1.85. The van der Waals surface area contributed by atoms with Gasteiger partial charge in [-0.15, -0.1) is 0 Å². The van der Waals surface area contributed by atoms with E-state index < -0.39 is 0 Å². The summed E-state index contributed by atoms with van der Waals surface area (Å²) in [5.41, 5.74) is 3.20. The number of hydrogen-bond acceptors (Lipinski definition) is 3. The van der Waals surface area contributed by atoms with E-state index in [2.05, 4.69) is 11.0 Å². The maximum Gasteiger partial charge on any atom is 0.250 e. The predicted molar refractivity (Wildman–Crippen MR) is 110 cm³/mol. The van der Waals surface area contributed by atoms with Crippen LogP contribution in [0.4, 0.5) is 0 Å². The average molecular weight is 402 g/mol. The van der Waals surface area contributed by atoms with Gasteiger partial charge in [0.2, 0.25) is 5.91 Å². The zero-order valence-electron chi connectivity index (χ0n) is 16.5. The summed E-state index contributed by atoms with van der Waals surface area (Å²) in [7, 11) is 1.88. The molecule has 2 aliphatic heterocycles. The van der Waals surface area contributed by atoms with Crippen LogP contribution in [0.25, 0.3) is 0 Å². The Kier molecular flexibility index (Phi) is 5.74. The summed E-state index contributed by atoms with van der Waals surface area (Å²) in [6.07, 6.45) is 4.58. The van der Waals surface area contributed by atoms with E-state index >= 15 is 0 Å². The maximum atomic E-state index is 12.9. The molecule has 150 valence electrons. The number of carbonyl (C=O) groups excluding carboxylic acids is 2. The lowest BCUT2D eigenvalue weighted by molar-refractivity contribution is -0.134. The highest BCUT2D eigenvalue weighted by atomic mass is 35.5. The molecule has 1 aromatic rings. The van der Waals surface area contributed by atoms with Crippen molar-refractivity contribution in [2.75, 3.05) is 33.2 Å². The van der Waals surface area contributed by atoms with Gasteiger partial charge < -0.3 is 9.80 Å². The van der Waals surface area contributed by atoms with Crippen LogP contribution < -0.4 is 0 Å². The summed E-state index contributed by atoms with van der Waals surface area (Å²) in [6, 6.07) is 8.17. The van der Waals surface area contributed by atoms with Crippen LogP contribution in [0.15, 0.2) is 35.4 Å². The van der Waals surface area contributed by atoms with Crippen LogP contribution in [0.3, 0.4) is 0 Å². The molecule has 0 spiro atoms. The molecule has 0 radical (unpaired) electrons. The molecule has 2 heterocycles. The number of benzene rings is 1. The van der Waals surface area contributed by atoms with Gasteiger partial charge in [-0.2, -0.15) is 0 Å². The highest BCUT2D eigenvalue weighted by molar-refractivity contribution is 6.30. The molecule has 1 saturated heterocycles. The second-order valence-corrected chi connectivity index (χ2v) is 8.58. The topological polar surface area (TPSA) is 43.9 Å². The first kappa shape index (κ1) is 19.5. The van der Waals surface area contributed by atoms with E-state index in [4.69, 9.17) is 11.6 Å². The van der Waals surface area contributed by atoms with Crippen molar-refractivity contribution >= 4 is 23.4 Å². The van der Waals surface area contributed by atoms with E-state index in [1.807, 2.05) is 35.0 Å². The number of fused-ring (bicyclic) bond motifs is 1. The fourth-order valence-electron chi connectivity index (χ4n) is 4.77. The number of rotatable bonds is 4. The van der Waals surface area contributed by atoms with Crippen LogP contribution >= 0.6 is 11.6 Å². The molecule has 1 aromatic carbocycles. The molecule has 2 amide bonds. The van der Waals surface area contributed by atoms with Crippen molar-refractivity contribution in [3.05, 3.63) is 46.0 Å². The summed E-state index contributed by atoms with van der Waals surface area (Å²) in [4.78, 5) is 31.6. The minimum absolute atomic E-state index is 0.0647. The van der Waals surface area contributed by atoms with Gasteiger partial charge in [0.15, 0.2) is 0 Å². The number of hydrogen-bond donors (Lipinski definition) is 0. The second kappa shape index (κ2) is 8.26. The van der Waals surface area contributed by atoms with Crippen LogP contribution in [0, 0.1) is 0 Å². The zero-order chi connectivity index (χ0) is 19.7. The number of halogens is 1. The third kappa shape index (κ3) is 3.96.